The molecule has 2 aromatic rings. The SMILES string of the molecule is CC(C)(C)Cn1c(C2CCSC2)nc2cccnc21. The summed E-state index contributed by atoms with van der Waals surface area (Å²) in [7, 11) is 0. The third-order valence-corrected chi connectivity index (χ3v) is 4.62. The van der Waals surface area contributed by atoms with Crippen molar-refractivity contribution in [3.05, 3.63) is 24.2 Å². The molecule has 1 aliphatic rings. The van der Waals surface area contributed by atoms with Crippen LogP contribution in [0.4, 0.5) is 0 Å². The molecule has 3 heterocycles. The maximum Gasteiger partial charge on any atom is 0.160 e. The van der Waals surface area contributed by atoms with Crippen LogP contribution in [0.5, 0.6) is 0 Å². The highest BCUT2D eigenvalue weighted by molar-refractivity contribution is 7.99. The van der Waals surface area contributed by atoms with Crippen molar-refractivity contribution in [3.8, 4) is 0 Å². The molecule has 1 unspecified atom stereocenters. The fourth-order valence-corrected chi connectivity index (χ4v) is 3.87. The minimum absolute atomic E-state index is 0.242. The van der Waals surface area contributed by atoms with E-state index in [4.69, 9.17) is 4.98 Å². The Labute approximate surface area is 118 Å². The first kappa shape index (κ1) is 13.0. The van der Waals surface area contributed by atoms with Gasteiger partial charge in [-0.05, 0) is 29.7 Å². The molecule has 2 aromatic heterocycles. The minimum atomic E-state index is 0.242. The summed E-state index contributed by atoms with van der Waals surface area (Å²) in [6, 6.07) is 4.05. The maximum atomic E-state index is 4.87. The van der Waals surface area contributed by atoms with E-state index in [-0.39, 0.29) is 5.41 Å². The van der Waals surface area contributed by atoms with Crippen LogP contribution in [0.1, 0.15) is 38.9 Å². The van der Waals surface area contributed by atoms with Crippen molar-refractivity contribution in [2.24, 2.45) is 5.41 Å². The van der Waals surface area contributed by atoms with Crippen LogP contribution in [0.15, 0.2) is 18.3 Å². The molecule has 3 rings (SSSR count). The zero-order valence-corrected chi connectivity index (χ0v) is 12.7. The van der Waals surface area contributed by atoms with Gasteiger partial charge in [-0.15, -0.1) is 0 Å². The molecule has 0 amide bonds. The zero-order valence-electron chi connectivity index (χ0n) is 11.9. The molecule has 19 heavy (non-hydrogen) atoms. The second-order valence-electron chi connectivity index (χ2n) is 6.52. The van der Waals surface area contributed by atoms with Crippen LogP contribution in [-0.2, 0) is 6.54 Å². The normalized spacial score (nSPS) is 20.3. The number of rotatable bonds is 2. The number of thioether (sulfide) groups is 1. The van der Waals surface area contributed by atoms with Gasteiger partial charge < -0.3 is 4.57 Å². The molecule has 0 bridgehead atoms. The Morgan fingerprint density at radius 1 is 1.42 bits per heavy atom. The smallest absolute Gasteiger partial charge is 0.160 e. The van der Waals surface area contributed by atoms with Gasteiger partial charge in [-0.2, -0.15) is 11.8 Å². The van der Waals surface area contributed by atoms with Gasteiger partial charge in [0.2, 0.25) is 0 Å². The van der Waals surface area contributed by atoms with Crippen molar-refractivity contribution in [1.82, 2.24) is 14.5 Å². The van der Waals surface area contributed by atoms with E-state index < -0.39 is 0 Å². The second-order valence-corrected chi connectivity index (χ2v) is 7.67. The van der Waals surface area contributed by atoms with E-state index in [1.807, 2.05) is 24.0 Å². The molecule has 3 nitrogen and oxygen atoms in total. The van der Waals surface area contributed by atoms with E-state index in [2.05, 4.69) is 36.4 Å². The molecule has 102 valence electrons. The van der Waals surface area contributed by atoms with Crippen molar-refractivity contribution in [2.45, 2.75) is 39.7 Å². The molecule has 0 aromatic carbocycles. The lowest BCUT2D eigenvalue weighted by Crippen LogP contribution is -2.19. The number of fused-ring (bicyclic) bond motifs is 1. The molecule has 0 saturated carbocycles. The van der Waals surface area contributed by atoms with Gasteiger partial charge in [-0.25, -0.2) is 9.97 Å². The number of hydrogen-bond donors (Lipinski definition) is 0. The second kappa shape index (κ2) is 4.82. The van der Waals surface area contributed by atoms with Crippen LogP contribution < -0.4 is 0 Å². The Morgan fingerprint density at radius 2 is 2.26 bits per heavy atom. The lowest BCUT2D eigenvalue weighted by Gasteiger charge is -2.22. The van der Waals surface area contributed by atoms with Gasteiger partial charge in [-0.3, -0.25) is 0 Å². The summed E-state index contributed by atoms with van der Waals surface area (Å²) < 4.78 is 2.35. The summed E-state index contributed by atoms with van der Waals surface area (Å²) in [5.41, 5.74) is 2.33. The summed E-state index contributed by atoms with van der Waals surface area (Å²) in [5, 5.41) is 0. The number of hydrogen-bond acceptors (Lipinski definition) is 3. The molecule has 1 atom stereocenters. The summed E-state index contributed by atoms with van der Waals surface area (Å²) in [6.07, 6.45) is 3.12. The quantitative estimate of drug-likeness (QED) is 0.837. The highest BCUT2D eigenvalue weighted by Crippen LogP contribution is 2.34. The van der Waals surface area contributed by atoms with Crippen LogP contribution in [0, 0.1) is 5.41 Å². The van der Waals surface area contributed by atoms with Gasteiger partial charge in [-0.1, -0.05) is 20.8 Å². The first-order valence-corrected chi connectivity index (χ1v) is 8.09. The Morgan fingerprint density at radius 3 is 2.95 bits per heavy atom. The molecule has 0 N–H and O–H groups in total. The fraction of sp³-hybridized carbons (Fsp3) is 0.600. The van der Waals surface area contributed by atoms with Crippen LogP contribution in [0.25, 0.3) is 11.2 Å². The monoisotopic (exact) mass is 275 g/mol. The molecule has 0 spiro atoms. The van der Waals surface area contributed by atoms with E-state index >= 15 is 0 Å². The van der Waals surface area contributed by atoms with Crippen molar-refractivity contribution in [1.29, 1.82) is 0 Å². The fourth-order valence-electron chi connectivity index (χ4n) is 2.66. The standard InChI is InChI=1S/C15H21N3S/c1-15(2,3)10-18-13(11-6-8-19-9-11)17-12-5-4-7-16-14(12)18/h4-5,7,11H,6,8-10H2,1-3H3. The third kappa shape index (κ3) is 2.64. The van der Waals surface area contributed by atoms with Crippen LogP contribution in [-0.4, -0.2) is 26.0 Å². The Balaban J connectivity index is 2.10. The van der Waals surface area contributed by atoms with E-state index in [9.17, 15) is 0 Å². The molecule has 1 saturated heterocycles. The summed E-state index contributed by atoms with van der Waals surface area (Å²) >= 11 is 2.04. The predicted octanol–water partition coefficient (Wildman–Crippen LogP) is 3.70. The number of aromatic nitrogens is 3. The van der Waals surface area contributed by atoms with Crippen molar-refractivity contribution < 1.29 is 0 Å². The summed E-state index contributed by atoms with van der Waals surface area (Å²) in [4.78, 5) is 9.42. The van der Waals surface area contributed by atoms with E-state index in [0.717, 1.165) is 17.7 Å². The van der Waals surface area contributed by atoms with Crippen LogP contribution in [0.3, 0.4) is 0 Å². The first-order valence-electron chi connectivity index (χ1n) is 6.93. The molecular weight excluding hydrogens is 254 g/mol. The summed E-state index contributed by atoms with van der Waals surface area (Å²) in [6.45, 7) is 7.80. The Kier molecular flexibility index (Phi) is 3.29. The molecule has 0 aliphatic carbocycles. The van der Waals surface area contributed by atoms with Crippen molar-refractivity contribution in [3.63, 3.8) is 0 Å². The first-order chi connectivity index (χ1) is 9.04. The average molecular weight is 275 g/mol. The maximum absolute atomic E-state index is 4.87. The third-order valence-electron chi connectivity index (χ3n) is 3.46. The molecular formula is C15H21N3S. The Hall–Kier alpha value is -1.03. The van der Waals surface area contributed by atoms with Crippen LogP contribution >= 0.6 is 11.8 Å². The molecule has 4 heteroatoms. The van der Waals surface area contributed by atoms with Crippen molar-refractivity contribution >= 4 is 22.9 Å². The Bertz CT molecular complexity index is 577. The average Bonchev–Trinajstić information content (AvgIpc) is 2.95. The molecule has 0 radical (unpaired) electrons. The highest BCUT2D eigenvalue weighted by atomic mass is 32.2. The van der Waals surface area contributed by atoms with Crippen molar-refractivity contribution in [2.75, 3.05) is 11.5 Å². The number of imidazole rings is 1. The van der Waals surface area contributed by atoms with Gasteiger partial charge in [0.1, 0.15) is 11.3 Å². The number of pyridine rings is 1. The van der Waals surface area contributed by atoms with E-state index in [1.54, 1.807) is 0 Å². The largest absolute Gasteiger partial charge is 0.312 e. The summed E-state index contributed by atoms with van der Waals surface area (Å²) in [5.74, 6) is 4.31. The lowest BCUT2D eigenvalue weighted by atomic mass is 9.96. The lowest BCUT2D eigenvalue weighted by molar-refractivity contribution is 0.339. The van der Waals surface area contributed by atoms with E-state index in [0.29, 0.717) is 5.92 Å². The topological polar surface area (TPSA) is 30.7 Å². The predicted molar refractivity (Wildman–Crippen MR) is 81.7 cm³/mol. The van der Waals surface area contributed by atoms with Gasteiger partial charge in [0.15, 0.2) is 5.65 Å². The zero-order chi connectivity index (χ0) is 13.5. The van der Waals surface area contributed by atoms with Gasteiger partial charge in [0.25, 0.3) is 0 Å². The van der Waals surface area contributed by atoms with Gasteiger partial charge >= 0.3 is 0 Å². The van der Waals surface area contributed by atoms with E-state index in [1.165, 1.54) is 23.8 Å². The highest BCUT2D eigenvalue weighted by Gasteiger charge is 2.26. The number of nitrogens with zero attached hydrogens (tertiary/aromatic N) is 3. The van der Waals surface area contributed by atoms with Gasteiger partial charge in [0, 0.05) is 24.4 Å². The minimum Gasteiger partial charge on any atom is -0.312 e. The van der Waals surface area contributed by atoms with Crippen LogP contribution in [0.2, 0.25) is 0 Å². The molecule has 1 aliphatic heterocycles. The van der Waals surface area contributed by atoms with Gasteiger partial charge in [0.05, 0.1) is 0 Å². The molecule has 1 fully saturated rings.